The van der Waals surface area contributed by atoms with Gasteiger partial charge < -0.3 is 15.0 Å². The van der Waals surface area contributed by atoms with Crippen molar-refractivity contribution < 1.29 is 9.53 Å². The highest BCUT2D eigenvalue weighted by atomic mass is 32.2. The van der Waals surface area contributed by atoms with E-state index in [1.165, 1.54) is 23.0 Å². The molecule has 2 aromatic carbocycles. The summed E-state index contributed by atoms with van der Waals surface area (Å²) in [5, 5.41) is 3.47. The molecule has 0 radical (unpaired) electrons. The fraction of sp³-hybridized carbons (Fsp3) is 0.407. The number of amidine groups is 1. The Morgan fingerprint density at radius 1 is 1.24 bits per heavy atom. The second-order valence-corrected chi connectivity index (χ2v) is 10.6. The van der Waals surface area contributed by atoms with Crippen LogP contribution in [0.4, 0.5) is 11.4 Å². The molecule has 1 N–H and O–H groups in total. The van der Waals surface area contributed by atoms with Gasteiger partial charge in [-0.1, -0.05) is 13.0 Å². The van der Waals surface area contributed by atoms with Crippen LogP contribution in [0, 0.1) is 0 Å². The number of aliphatic imine (C=N–C) groups is 1. The molecule has 2 heterocycles. The number of benzene rings is 2. The molecule has 0 saturated carbocycles. The van der Waals surface area contributed by atoms with Gasteiger partial charge in [-0.25, -0.2) is 4.99 Å². The minimum absolute atomic E-state index is 0.111. The molecule has 0 aromatic heterocycles. The van der Waals surface area contributed by atoms with Gasteiger partial charge in [0.05, 0.1) is 17.2 Å². The minimum atomic E-state index is -0.111. The van der Waals surface area contributed by atoms with E-state index in [-0.39, 0.29) is 11.4 Å². The molecular weight excluding hydrogens is 430 g/mol. The van der Waals surface area contributed by atoms with Crippen molar-refractivity contribution in [2.75, 3.05) is 11.5 Å². The Morgan fingerprint density at radius 3 is 2.64 bits per heavy atom. The van der Waals surface area contributed by atoms with Crippen LogP contribution in [0.1, 0.15) is 65.0 Å². The van der Waals surface area contributed by atoms with E-state index in [2.05, 4.69) is 68.0 Å². The van der Waals surface area contributed by atoms with E-state index in [0.717, 1.165) is 23.4 Å². The van der Waals surface area contributed by atoms with Crippen molar-refractivity contribution in [3.63, 3.8) is 0 Å². The number of fused-ring (bicyclic) bond motifs is 1. The summed E-state index contributed by atoms with van der Waals surface area (Å²) in [6, 6.07) is 14.5. The smallest absolute Gasteiger partial charge is 0.264 e. The average Bonchev–Trinajstić information content (AvgIpc) is 3.08. The van der Waals surface area contributed by atoms with Crippen LogP contribution in [-0.4, -0.2) is 29.3 Å². The number of carbonyl (C=O) groups is 1. The van der Waals surface area contributed by atoms with E-state index in [1.807, 2.05) is 37.3 Å². The third-order valence-electron chi connectivity index (χ3n) is 6.14. The highest BCUT2D eigenvalue weighted by molar-refractivity contribution is 8.18. The van der Waals surface area contributed by atoms with Crippen molar-refractivity contribution in [3.05, 3.63) is 58.5 Å². The molecule has 2 aliphatic rings. The second kappa shape index (κ2) is 9.26. The highest BCUT2D eigenvalue weighted by Gasteiger charge is 2.37. The minimum Gasteiger partial charge on any atom is -0.494 e. The summed E-state index contributed by atoms with van der Waals surface area (Å²) < 4.78 is 5.47. The maximum Gasteiger partial charge on any atom is 0.264 e. The summed E-state index contributed by atoms with van der Waals surface area (Å²) in [7, 11) is 0. The molecule has 33 heavy (non-hydrogen) atoms. The van der Waals surface area contributed by atoms with Gasteiger partial charge in [0.2, 0.25) is 0 Å². The van der Waals surface area contributed by atoms with Crippen LogP contribution in [0.3, 0.4) is 0 Å². The first-order valence-electron chi connectivity index (χ1n) is 11.6. The molecule has 1 atom stereocenters. The zero-order valence-electron chi connectivity index (χ0n) is 20.3. The molecule has 0 spiro atoms. The Labute approximate surface area is 201 Å². The number of nitrogens with one attached hydrogen (secondary N) is 1. The third-order valence-corrected chi connectivity index (χ3v) is 7.05. The lowest BCUT2D eigenvalue weighted by Crippen LogP contribution is -2.51. The topological polar surface area (TPSA) is 53.9 Å². The van der Waals surface area contributed by atoms with E-state index < -0.39 is 0 Å². The fourth-order valence-corrected chi connectivity index (χ4v) is 5.91. The van der Waals surface area contributed by atoms with Crippen molar-refractivity contribution in [1.29, 1.82) is 0 Å². The molecular formula is C27H33N3O2S. The number of hydrogen-bond donors (Lipinski definition) is 1. The first-order chi connectivity index (χ1) is 15.7. The monoisotopic (exact) mass is 463 g/mol. The zero-order valence-corrected chi connectivity index (χ0v) is 21.1. The number of anilines is 1. The van der Waals surface area contributed by atoms with Gasteiger partial charge in [-0.05, 0) is 112 Å². The van der Waals surface area contributed by atoms with Crippen molar-refractivity contribution >= 4 is 40.3 Å². The quantitative estimate of drug-likeness (QED) is 0.516. The van der Waals surface area contributed by atoms with E-state index in [0.29, 0.717) is 28.6 Å². The number of thioether (sulfide) groups is 1. The molecule has 0 unspecified atom stereocenters. The molecule has 1 fully saturated rings. The van der Waals surface area contributed by atoms with Crippen molar-refractivity contribution in [2.45, 2.75) is 65.5 Å². The van der Waals surface area contributed by atoms with Gasteiger partial charge in [0.25, 0.3) is 5.91 Å². The maximum absolute atomic E-state index is 12.6. The van der Waals surface area contributed by atoms with Crippen molar-refractivity contribution in [3.8, 4) is 5.75 Å². The predicted molar refractivity (Wildman–Crippen MR) is 140 cm³/mol. The standard InChI is InChI=1S/C27H33N3O2S/c1-7-32-21-11-9-20(10-12-21)28-26-29-25(31)24(33-26)15-19-8-13-23-22(14-19)18(4)16-27(5,6)30(23)17(2)3/h8-15,17-18H,7,16H2,1-6H3,(H,28,29,31)/b24-15-/t18-/m1/s1. The van der Waals surface area contributed by atoms with Crippen LogP contribution >= 0.6 is 11.8 Å². The number of ether oxygens (including phenoxy) is 1. The number of amides is 1. The normalized spacial score (nSPS) is 22.1. The lowest BCUT2D eigenvalue weighted by Gasteiger charge is -2.50. The molecule has 0 bridgehead atoms. The molecule has 2 aromatic rings. The summed E-state index contributed by atoms with van der Waals surface area (Å²) in [5.41, 5.74) is 4.60. The summed E-state index contributed by atoms with van der Waals surface area (Å²) in [5.74, 6) is 1.16. The lowest BCUT2D eigenvalue weighted by molar-refractivity contribution is -0.115. The fourth-order valence-electron chi connectivity index (χ4n) is 5.07. The van der Waals surface area contributed by atoms with Crippen molar-refractivity contribution in [2.24, 2.45) is 4.99 Å². The summed E-state index contributed by atoms with van der Waals surface area (Å²) in [4.78, 5) is 20.3. The Hall–Kier alpha value is -2.73. The molecule has 6 heteroatoms. The average molecular weight is 464 g/mol. The first-order valence-corrected chi connectivity index (χ1v) is 12.5. The lowest BCUT2D eigenvalue weighted by atomic mass is 9.79. The van der Waals surface area contributed by atoms with Gasteiger partial charge in [-0.2, -0.15) is 0 Å². The highest BCUT2D eigenvalue weighted by Crippen LogP contribution is 2.45. The number of rotatable bonds is 5. The molecule has 174 valence electrons. The predicted octanol–water partition coefficient (Wildman–Crippen LogP) is 6.48. The van der Waals surface area contributed by atoms with Crippen LogP contribution in [-0.2, 0) is 4.79 Å². The van der Waals surface area contributed by atoms with E-state index in [1.54, 1.807) is 0 Å². The zero-order chi connectivity index (χ0) is 23.8. The van der Waals surface area contributed by atoms with E-state index in [9.17, 15) is 4.79 Å². The Morgan fingerprint density at radius 2 is 1.97 bits per heavy atom. The van der Waals surface area contributed by atoms with Gasteiger partial charge in [0, 0.05) is 17.3 Å². The molecule has 5 nitrogen and oxygen atoms in total. The van der Waals surface area contributed by atoms with Gasteiger partial charge in [0.15, 0.2) is 5.17 Å². The number of hydrogen-bond acceptors (Lipinski definition) is 5. The van der Waals surface area contributed by atoms with Gasteiger partial charge in [0.1, 0.15) is 5.75 Å². The summed E-state index contributed by atoms with van der Waals surface area (Å²) >= 11 is 1.38. The van der Waals surface area contributed by atoms with E-state index in [4.69, 9.17) is 4.74 Å². The van der Waals surface area contributed by atoms with Crippen LogP contribution in [0.15, 0.2) is 52.4 Å². The Balaban J connectivity index is 1.57. The molecule has 1 amide bonds. The summed E-state index contributed by atoms with van der Waals surface area (Å²) in [6.45, 7) is 14.0. The Bertz CT molecular complexity index is 1100. The number of carbonyl (C=O) groups excluding carboxylic acids is 1. The van der Waals surface area contributed by atoms with Crippen LogP contribution in [0.2, 0.25) is 0 Å². The molecule has 2 aliphatic heterocycles. The molecule has 0 aliphatic carbocycles. The van der Waals surface area contributed by atoms with Gasteiger partial charge in [-0.15, -0.1) is 0 Å². The van der Waals surface area contributed by atoms with Crippen molar-refractivity contribution in [1.82, 2.24) is 5.32 Å². The van der Waals surface area contributed by atoms with E-state index >= 15 is 0 Å². The largest absolute Gasteiger partial charge is 0.494 e. The SMILES string of the molecule is CCOc1ccc(N=C2NC(=O)/C(=C/c3ccc4c(c3)[C@H](C)CC(C)(C)N4C(C)C)S2)cc1. The van der Waals surface area contributed by atoms with Gasteiger partial charge in [-0.3, -0.25) is 4.79 Å². The Kier molecular flexibility index (Phi) is 6.57. The summed E-state index contributed by atoms with van der Waals surface area (Å²) in [6.07, 6.45) is 3.07. The second-order valence-electron chi connectivity index (χ2n) is 9.61. The van der Waals surface area contributed by atoms with Crippen LogP contribution < -0.4 is 15.0 Å². The van der Waals surface area contributed by atoms with Crippen LogP contribution in [0.5, 0.6) is 5.75 Å². The number of nitrogens with zero attached hydrogens (tertiary/aromatic N) is 2. The molecule has 4 rings (SSSR count). The molecule has 1 saturated heterocycles. The first kappa shape index (κ1) is 23.4. The van der Waals surface area contributed by atoms with Crippen LogP contribution in [0.25, 0.3) is 6.08 Å². The van der Waals surface area contributed by atoms with Gasteiger partial charge >= 0.3 is 0 Å². The third kappa shape index (κ3) is 4.96. The maximum atomic E-state index is 12.6.